The second-order valence-electron chi connectivity index (χ2n) is 7.10. The van der Waals surface area contributed by atoms with Crippen molar-refractivity contribution in [3.8, 4) is 17.2 Å². The van der Waals surface area contributed by atoms with Gasteiger partial charge in [0.1, 0.15) is 25.5 Å². The van der Waals surface area contributed by atoms with Crippen LogP contribution in [-0.2, 0) is 11.2 Å². The molecule has 2 aromatic rings. The number of carbonyl (C=O) groups is 2. The lowest BCUT2D eigenvalue weighted by atomic mass is 10.1. The van der Waals surface area contributed by atoms with E-state index in [1.807, 2.05) is 42.5 Å². The Kier molecular flexibility index (Phi) is 5.92. The van der Waals surface area contributed by atoms with Crippen LogP contribution >= 0.6 is 0 Å². The van der Waals surface area contributed by atoms with Gasteiger partial charge in [-0.15, -0.1) is 0 Å². The van der Waals surface area contributed by atoms with Gasteiger partial charge in [0.15, 0.2) is 11.5 Å². The summed E-state index contributed by atoms with van der Waals surface area (Å²) in [6, 6.07) is 13.0. The number of nitrogens with one attached hydrogen (secondary N) is 1. The molecule has 1 saturated heterocycles. The molecule has 0 saturated carbocycles. The molecule has 2 aliphatic heterocycles. The van der Waals surface area contributed by atoms with Crippen LogP contribution < -0.4 is 24.4 Å². The number of para-hydroxylation sites is 1. The number of anilines is 1. The number of benzene rings is 2. The van der Waals surface area contributed by atoms with Crippen molar-refractivity contribution >= 4 is 17.6 Å². The highest BCUT2D eigenvalue weighted by Gasteiger charge is 2.31. The Morgan fingerprint density at radius 1 is 1.10 bits per heavy atom. The monoisotopic (exact) mass is 411 g/mol. The molecule has 3 amide bonds. The van der Waals surface area contributed by atoms with Crippen molar-refractivity contribution in [2.45, 2.75) is 6.42 Å². The van der Waals surface area contributed by atoms with Gasteiger partial charge in [0.05, 0.1) is 7.11 Å². The molecule has 1 N–H and O–H groups in total. The van der Waals surface area contributed by atoms with Crippen molar-refractivity contribution in [2.24, 2.45) is 0 Å². The normalized spacial score (nSPS) is 15.3. The van der Waals surface area contributed by atoms with Crippen LogP contribution in [0.4, 0.5) is 10.5 Å². The summed E-state index contributed by atoms with van der Waals surface area (Å²) in [4.78, 5) is 28.3. The van der Waals surface area contributed by atoms with E-state index in [1.165, 1.54) is 0 Å². The molecule has 2 aromatic carbocycles. The average molecular weight is 411 g/mol. The fourth-order valence-corrected chi connectivity index (χ4v) is 3.64. The summed E-state index contributed by atoms with van der Waals surface area (Å²) in [7, 11) is 1.63. The van der Waals surface area contributed by atoms with E-state index < -0.39 is 0 Å². The number of rotatable bonds is 7. The Morgan fingerprint density at radius 3 is 2.73 bits per heavy atom. The first-order chi connectivity index (χ1) is 14.7. The summed E-state index contributed by atoms with van der Waals surface area (Å²) in [5.74, 6) is 1.95. The van der Waals surface area contributed by atoms with E-state index >= 15 is 0 Å². The summed E-state index contributed by atoms with van der Waals surface area (Å²) >= 11 is 0. The van der Waals surface area contributed by atoms with Crippen molar-refractivity contribution in [2.75, 3.05) is 51.4 Å². The molecule has 8 heteroatoms. The summed E-state index contributed by atoms with van der Waals surface area (Å²) in [6.45, 7) is 2.54. The summed E-state index contributed by atoms with van der Waals surface area (Å²) in [6.07, 6.45) is 0.660. The molecule has 158 valence electrons. The van der Waals surface area contributed by atoms with Crippen LogP contribution in [0.2, 0.25) is 0 Å². The largest absolute Gasteiger partial charge is 0.496 e. The average Bonchev–Trinajstić information content (AvgIpc) is 3.13. The van der Waals surface area contributed by atoms with Gasteiger partial charge >= 0.3 is 6.03 Å². The predicted octanol–water partition coefficient (Wildman–Crippen LogP) is 2.07. The highest BCUT2D eigenvalue weighted by atomic mass is 16.6. The standard InChI is InChI=1S/C22H25N3O5/c1-28-18-5-3-2-4-16(18)8-9-23-21(26)15-24-10-11-25(22(24)27)17-6-7-19-20(14-17)30-13-12-29-19/h2-7,14H,8-13,15H2,1H3,(H,23,26). The Balaban J connectivity index is 1.29. The Morgan fingerprint density at radius 2 is 1.90 bits per heavy atom. The summed E-state index contributed by atoms with van der Waals surface area (Å²) in [5, 5.41) is 2.88. The molecule has 0 atom stereocenters. The number of hydrogen-bond acceptors (Lipinski definition) is 5. The number of fused-ring (bicyclic) bond motifs is 1. The fraction of sp³-hybridized carbons (Fsp3) is 0.364. The molecule has 0 bridgehead atoms. The summed E-state index contributed by atoms with van der Waals surface area (Å²) in [5.41, 5.74) is 1.77. The van der Waals surface area contributed by atoms with Crippen LogP contribution in [0.15, 0.2) is 42.5 Å². The van der Waals surface area contributed by atoms with Crippen molar-refractivity contribution < 1.29 is 23.8 Å². The molecule has 0 spiro atoms. The lowest BCUT2D eigenvalue weighted by Crippen LogP contribution is -2.40. The van der Waals surface area contributed by atoms with Crippen LogP contribution in [0.3, 0.4) is 0 Å². The molecular formula is C22H25N3O5. The molecule has 8 nitrogen and oxygen atoms in total. The van der Waals surface area contributed by atoms with Crippen LogP contribution in [0.25, 0.3) is 0 Å². The van der Waals surface area contributed by atoms with Crippen molar-refractivity contribution in [1.82, 2.24) is 10.2 Å². The van der Waals surface area contributed by atoms with E-state index in [0.717, 1.165) is 17.0 Å². The van der Waals surface area contributed by atoms with Gasteiger partial charge in [-0.25, -0.2) is 4.79 Å². The molecule has 2 aliphatic rings. The zero-order valence-corrected chi connectivity index (χ0v) is 16.9. The maximum absolute atomic E-state index is 12.8. The minimum Gasteiger partial charge on any atom is -0.496 e. The van der Waals surface area contributed by atoms with Crippen molar-refractivity contribution in [3.05, 3.63) is 48.0 Å². The molecule has 4 rings (SSSR count). The Labute approximate surface area is 175 Å². The summed E-state index contributed by atoms with van der Waals surface area (Å²) < 4.78 is 16.4. The van der Waals surface area contributed by atoms with E-state index in [-0.39, 0.29) is 18.5 Å². The highest BCUT2D eigenvalue weighted by Crippen LogP contribution is 2.34. The predicted molar refractivity (Wildman–Crippen MR) is 111 cm³/mol. The third kappa shape index (κ3) is 4.27. The number of methoxy groups -OCH3 is 1. The third-order valence-corrected chi connectivity index (χ3v) is 5.18. The molecule has 2 heterocycles. The minimum atomic E-state index is -0.188. The van der Waals surface area contributed by atoms with E-state index in [4.69, 9.17) is 14.2 Å². The number of amides is 3. The fourth-order valence-electron chi connectivity index (χ4n) is 3.64. The van der Waals surface area contributed by atoms with Gasteiger partial charge in [-0.2, -0.15) is 0 Å². The van der Waals surface area contributed by atoms with Gasteiger partial charge in [-0.05, 0) is 30.2 Å². The molecule has 0 unspecified atom stereocenters. The van der Waals surface area contributed by atoms with Gasteiger partial charge < -0.3 is 24.4 Å². The van der Waals surface area contributed by atoms with Gasteiger partial charge in [-0.1, -0.05) is 18.2 Å². The SMILES string of the molecule is COc1ccccc1CCNC(=O)CN1CCN(c2ccc3c(c2)OCCO3)C1=O. The van der Waals surface area contributed by atoms with Gasteiger partial charge in [0, 0.05) is 31.4 Å². The minimum absolute atomic E-state index is 0.0335. The Hall–Kier alpha value is -3.42. The first-order valence-corrected chi connectivity index (χ1v) is 10.0. The second-order valence-corrected chi connectivity index (χ2v) is 7.10. The number of ether oxygens (including phenoxy) is 3. The number of hydrogen-bond donors (Lipinski definition) is 1. The van der Waals surface area contributed by atoms with Gasteiger partial charge in [0.25, 0.3) is 0 Å². The van der Waals surface area contributed by atoms with Gasteiger partial charge in [-0.3, -0.25) is 9.69 Å². The molecule has 1 fully saturated rings. The molecule has 0 radical (unpaired) electrons. The van der Waals surface area contributed by atoms with E-state index in [9.17, 15) is 9.59 Å². The molecule has 0 aliphatic carbocycles. The number of urea groups is 1. The van der Waals surface area contributed by atoms with Gasteiger partial charge in [0.2, 0.25) is 5.91 Å². The van der Waals surface area contributed by atoms with E-state index in [2.05, 4.69) is 5.32 Å². The number of nitrogens with zero attached hydrogens (tertiary/aromatic N) is 2. The lowest BCUT2D eigenvalue weighted by molar-refractivity contribution is -0.121. The van der Waals surface area contributed by atoms with E-state index in [0.29, 0.717) is 50.8 Å². The van der Waals surface area contributed by atoms with E-state index in [1.54, 1.807) is 16.9 Å². The molecule has 30 heavy (non-hydrogen) atoms. The maximum atomic E-state index is 12.8. The number of carbonyl (C=O) groups excluding carboxylic acids is 2. The van der Waals surface area contributed by atoms with Crippen molar-refractivity contribution in [3.63, 3.8) is 0 Å². The molecule has 0 aromatic heterocycles. The first-order valence-electron chi connectivity index (χ1n) is 10.0. The lowest BCUT2D eigenvalue weighted by Gasteiger charge is -2.22. The third-order valence-electron chi connectivity index (χ3n) is 5.18. The topological polar surface area (TPSA) is 80.3 Å². The zero-order chi connectivity index (χ0) is 20.9. The van der Waals surface area contributed by atoms with Crippen LogP contribution in [-0.4, -0.2) is 63.3 Å². The first kappa shape index (κ1) is 19.9. The Bertz CT molecular complexity index is 933. The maximum Gasteiger partial charge on any atom is 0.325 e. The smallest absolute Gasteiger partial charge is 0.325 e. The van der Waals surface area contributed by atoms with Crippen molar-refractivity contribution in [1.29, 1.82) is 0 Å². The quantitative estimate of drug-likeness (QED) is 0.755. The zero-order valence-electron chi connectivity index (χ0n) is 16.9. The highest BCUT2D eigenvalue weighted by molar-refractivity contribution is 5.96. The molecular weight excluding hydrogens is 386 g/mol. The second kappa shape index (κ2) is 8.94. The van der Waals surface area contributed by atoms with Crippen LogP contribution in [0.1, 0.15) is 5.56 Å². The van der Waals surface area contributed by atoms with Crippen LogP contribution in [0, 0.1) is 0 Å². The van der Waals surface area contributed by atoms with Crippen LogP contribution in [0.5, 0.6) is 17.2 Å².